The van der Waals surface area contributed by atoms with E-state index in [4.69, 9.17) is 4.74 Å². The molecule has 1 fully saturated rings. The molecule has 0 unspecified atom stereocenters. The smallest absolute Gasteiger partial charge is 0.164 e. The minimum atomic E-state index is 0.211. The van der Waals surface area contributed by atoms with E-state index in [9.17, 15) is 4.79 Å². The lowest BCUT2D eigenvalue weighted by Crippen LogP contribution is -2.44. The Hall–Kier alpha value is -1.91. The number of hydrogen-bond donors (Lipinski definition) is 1. The zero-order chi connectivity index (χ0) is 16.1. The molecule has 0 atom stereocenters. The van der Waals surface area contributed by atoms with Crippen LogP contribution < -0.4 is 10.1 Å². The van der Waals surface area contributed by atoms with Crippen LogP contribution in [0.4, 0.5) is 0 Å². The van der Waals surface area contributed by atoms with Gasteiger partial charge in [0, 0.05) is 50.1 Å². The molecule has 3 rings (SSSR count). The van der Waals surface area contributed by atoms with Gasteiger partial charge in [0.2, 0.25) is 0 Å². The van der Waals surface area contributed by atoms with Gasteiger partial charge in [-0.15, -0.1) is 0 Å². The Morgan fingerprint density at radius 1 is 1.13 bits per heavy atom. The molecular weight excluding hydrogens is 288 g/mol. The maximum atomic E-state index is 12.7. The van der Waals surface area contributed by atoms with Crippen molar-refractivity contribution in [1.82, 2.24) is 10.2 Å². The minimum Gasteiger partial charge on any atom is -0.493 e. The lowest BCUT2D eigenvalue weighted by atomic mass is 9.99. The molecule has 0 spiro atoms. The van der Waals surface area contributed by atoms with Crippen LogP contribution >= 0.6 is 0 Å². The van der Waals surface area contributed by atoms with Crippen LogP contribution in [-0.4, -0.2) is 50.0 Å². The van der Waals surface area contributed by atoms with E-state index in [0.29, 0.717) is 13.0 Å². The van der Waals surface area contributed by atoms with Crippen molar-refractivity contribution in [3.63, 3.8) is 0 Å². The molecule has 1 aliphatic rings. The number of nitrogens with one attached hydrogen (secondary N) is 1. The maximum absolute atomic E-state index is 12.7. The highest BCUT2D eigenvalue weighted by molar-refractivity contribution is 6.09. The van der Waals surface area contributed by atoms with Gasteiger partial charge in [-0.25, -0.2) is 0 Å². The van der Waals surface area contributed by atoms with Crippen molar-refractivity contribution < 1.29 is 9.53 Å². The molecule has 2 aromatic carbocycles. The molecule has 2 aromatic rings. The summed E-state index contributed by atoms with van der Waals surface area (Å²) in [7, 11) is 0. The number of benzene rings is 2. The Balaban J connectivity index is 1.78. The van der Waals surface area contributed by atoms with Crippen LogP contribution in [-0.2, 0) is 0 Å². The van der Waals surface area contributed by atoms with Gasteiger partial charge < -0.3 is 15.0 Å². The fourth-order valence-electron chi connectivity index (χ4n) is 3.13. The van der Waals surface area contributed by atoms with E-state index in [1.165, 1.54) is 0 Å². The van der Waals surface area contributed by atoms with Crippen LogP contribution in [0.3, 0.4) is 0 Å². The van der Waals surface area contributed by atoms with Gasteiger partial charge in [-0.2, -0.15) is 0 Å². The Morgan fingerprint density at radius 3 is 2.61 bits per heavy atom. The minimum absolute atomic E-state index is 0.211. The summed E-state index contributed by atoms with van der Waals surface area (Å²) in [6, 6.07) is 11.8. The Labute approximate surface area is 137 Å². The molecule has 1 saturated heterocycles. The van der Waals surface area contributed by atoms with Crippen LogP contribution in [0.25, 0.3) is 10.8 Å². The number of fused-ring (bicyclic) bond motifs is 1. The van der Waals surface area contributed by atoms with Gasteiger partial charge in [0.15, 0.2) is 5.78 Å². The highest BCUT2D eigenvalue weighted by atomic mass is 16.5. The normalized spacial score (nSPS) is 15.7. The second kappa shape index (κ2) is 7.57. The van der Waals surface area contributed by atoms with Gasteiger partial charge in [0.05, 0.1) is 6.61 Å². The zero-order valence-corrected chi connectivity index (χ0v) is 13.7. The van der Waals surface area contributed by atoms with Crippen molar-refractivity contribution in [1.29, 1.82) is 0 Å². The number of hydrogen-bond acceptors (Lipinski definition) is 4. The molecule has 0 aromatic heterocycles. The molecule has 23 heavy (non-hydrogen) atoms. The quantitative estimate of drug-likeness (QED) is 0.833. The first kappa shape index (κ1) is 16.0. The third-order valence-corrected chi connectivity index (χ3v) is 4.35. The maximum Gasteiger partial charge on any atom is 0.164 e. The fraction of sp³-hybridized carbons (Fsp3) is 0.421. The number of nitrogens with zero attached hydrogens (tertiary/aromatic N) is 1. The lowest BCUT2D eigenvalue weighted by molar-refractivity contribution is 0.0962. The molecule has 0 amide bonds. The highest BCUT2D eigenvalue weighted by Crippen LogP contribution is 2.29. The zero-order valence-electron chi connectivity index (χ0n) is 13.7. The summed E-state index contributed by atoms with van der Waals surface area (Å²) in [5.41, 5.74) is 0.805. The summed E-state index contributed by atoms with van der Waals surface area (Å²) in [6.45, 7) is 7.51. The van der Waals surface area contributed by atoms with Crippen molar-refractivity contribution in [3.8, 4) is 5.75 Å². The van der Waals surface area contributed by atoms with Gasteiger partial charge >= 0.3 is 0 Å². The second-order valence-electron chi connectivity index (χ2n) is 5.85. The average Bonchev–Trinajstić information content (AvgIpc) is 2.61. The first-order chi connectivity index (χ1) is 11.3. The molecule has 4 nitrogen and oxygen atoms in total. The Bertz CT molecular complexity index is 678. The summed E-state index contributed by atoms with van der Waals surface area (Å²) in [5.74, 6) is 1.06. The molecule has 0 aliphatic carbocycles. The summed E-state index contributed by atoms with van der Waals surface area (Å²) >= 11 is 0. The molecule has 0 radical (unpaired) electrons. The first-order valence-electron chi connectivity index (χ1n) is 8.40. The van der Waals surface area contributed by atoms with Crippen molar-refractivity contribution in [2.75, 3.05) is 39.3 Å². The highest BCUT2D eigenvalue weighted by Gasteiger charge is 2.15. The van der Waals surface area contributed by atoms with Crippen LogP contribution in [0, 0.1) is 0 Å². The number of Topliss-reactive ketones (excluding diaryl/α,β-unsaturated/α-hetero) is 1. The van der Waals surface area contributed by atoms with E-state index >= 15 is 0 Å². The van der Waals surface area contributed by atoms with E-state index in [0.717, 1.165) is 54.8 Å². The molecule has 0 bridgehead atoms. The fourth-order valence-corrected chi connectivity index (χ4v) is 3.13. The predicted octanol–water partition coefficient (Wildman–Crippen LogP) is 2.72. The lowest BCUT2D eigenvalue weighted by Gasteiger charge is -2.26. The van der Waals surface area contributed by atoms with E-state index in [-0.39, 0.29) is 5.78 Å². The number of rotatable bonds is 6. The summed E-state index contributed by atoms with van der Waals surface area (Å²) in [4.78, 5) is 15.0. The molecule has 122 valence electrons. The van der Waals surface area contributed by atoms with Gasteiger partial charge in [-0.05, 0) is 24.4 Å². The number of ketones is 1. The van der Waals surface area contributed by atoms with Crippen LogP contribution in [0.15, 0.2) is 36.4 Å². The number of piperazine rings is 1. The Morgan fingerprint density at radius 2 is 1.87 bits per heavy atom. The van der Waals surface area contributed by atoms with Gasteiger partial charge in [0.25, 0.3) is 0 Å². The largest absolute Gasteiger partial charge is 0.493 e. The van der Waals surface area contributed by atoms with Gasteiger partial charge in [-0.1, -0.05) is 24.3 Å². The van der Waals surface area contributed by atoms with Gasteiger partial charge in [-0.3, -0.25) is 4.79 Å². The van der Waals surface area contributed by atoms with E-state index < -0.39 is 0 Å². The van der Waals surface area contributed by atoms with Crippen LogP contribution in [0.1, 0.15) is 23.7 Å². The molecule has 1 N–H and O–H groups in total. The van der Waals surface area contributed by atoms with E-state index in [2.05, 4.69) is 10.2 Å². The number of carbonyl (C=O) groups is 1. The predicted molar refractivity (Wildman–Crippen MR) is 93.4 cm³/mol. The van der Waals surface area contributed by atoms with Crippen LogP contribution in [0.5, 0.6) is 5.75 Å². The van der Waals surface area contributed by atoms with Gasteiger partial charge in [0.1, 0.15) is 5.75 Å². The topological polar surface area (TPSA) is 41.6 Å². The second-order valence-corrected chi connectivity index (χ2v) is 5.85. The molecule has 0 saturated carbocycles. The third-order valence-electron chi connectivity index (χ3n) is 4.35. The standard InChI is InChI=1S/C19H24N2O2/c1-2-23-19-8-7-16(15-5-3-4-6-17(15)19)18(22)9-12-21-13-10-20-11-14-21/h3-8,20H,2,9-14H2,1H3. The van der Waals surface area contributed by atoms with Crippen molar-refractivity contribution in [3.05, 3.63) is 42.0 Å². The third kappa shape index (κ3) is 3.71. The van der Waals surface area contributed by atoms with Crippen molar-refractivity contribution >= 4 is 16.6 Å². The molecule has 1 heterocycles. The summed E-state index contributed by atoms with van der Waals surface area (Å²) < 4.78 is 5.68. The van der Waals surface area contributed by atoms with Crippen molar-refractivity contribution in [2.24, 2.45) is 0 Å². The Kier molecular flexibility index (Phi) is 5.26. The first-order valence-corrected chi connectivity index (χ1v) is 8.40. The SMILES string of the molecule is CCOc1ccc(C(=O)CCN2CCNCC2)c2ccccc12. The number of ether oxygens (including phenoxy) is 1. The average molecular weight is 312 g/mol. The summed E-state index contributed by atoms with van der Waals surface area (Å²) in [5, 5.41) is 5.34. The number of carbonyl (C=O) groups excluding carboxylic acids is 1. The monoisotopic (exact) mass is 312 g/mol. The summed E-state index contributed by atoms with van der Waals surface area (Å²) in [6.07, 6.45) is 0.567. The molecule has 4 heteroatoms. The molecular formula is C19H24N2O2. The van der Waals surface area contributed by atoms with Crippen molar-refractivity contribution in [2.45, 2.75) is 13.3 Å². The molecule has 1 aliphatic heterocycles. The van der Waals surface area contributed by atoms with E-state index in [1.807, 2.05) is 43.3 Å². The van der Waals surface area contributed by atoms with Crippen LogP contribution in [0.2, 0.25) is 0 Å². The van der Waals surface area contributed by atoms with E-state index in [1.54, 1.807) is 0 Å².